The molecular weight excluding hydrogens is 266 g/mol. The summed E-state index contributed by atoms with van der Waals surface area (Å²) in [6.45, 7) is 0. The number of rotatable bonds is 2. The van der Waals surface area contributed by atoms with Crippen LogP contribution in [0.4, 0.5) is 0 Å². The molecule has 18 heavy (non-hydrogen) atoms. The van der Waals surface area contributed by atoms with E-state index in [1.165, 1.54) is 24.2 Å². The zero-order valence-electron chi connectivity index (χ0n) is 10.3. The second-order valence-electron chi connectivity index (χ2n) is 4.60. The summed E-state index contributed by atoms with van der Waals surface area (Å²) >= 11 is 7.66. The third kappa shape index (κ3) is 3.92. The van der Waals surface area contributed by atoms with Crippen molar-refractivity contribution >= 4 is 29.1 Å². The van der Waals surface area contributed by atoms with Crippen molar-refractivity contribution in [2.45, 2.75) is 48.7 Å². The molecule has 1 aliphatic rings. The normalized spacial score (nSPS) is 23.6. The van der Waals surface area contributed by atoms with Gasteiger partial charge in [0.15, 0.2) is 0 Å². The van der Waals surface area contributed by atoms with Crippen LogP contribution in [0.5, 0.6) is 0 Å². The van der Waals surface area contributed by atoms with Crippen LogP contribution >= 0.6 is 23.4 Å². The molecule has 1 fully saturated rings. The molecule has 1 N–H and O–H groups in total. The Labute approximate surface area is 117 Å². The van der Waals surface area contributed by atoms with E-state index in [2.05, 4.69) is 5.16 Å². The van der Waals surface area contributed by atoms with E-state index < -0.39 is 0 Å². The van der Waals surface area contributed by atoms with Crippen molar-refractivity contribution in [2.24, 2.45) is 5.16 Å². The number of thioether (sulfide) groups is 1. The summed E-state index contributed by atoms with van der Waals surface area (Å²) in [7, 11) is 0. The predicted molar refractivity (Wildman–Crippen MR) is 78.0 cm³/mol. The first kappa shape index (κ1) is 13.8. The third-order valence-corrected chi connectivity index (χ3v) is 4.83. The van der Waals surface area contributed by atoms with E-state index in [4.69, 9.17) is 16.8 Å². The highest BCUT2D eigenvalue weighted by atomic mass is 35.5. The number of hydrogen-bond acceptors (Lipinski definition) is 3. The Morgan fingerprint density at radius 2 is 1.83 bits per heavy atom. The lowest BCUT2D eigenvalue weighted by Gasteiger charge is -2.20. The molecule has 0 spiro atoms. The Morgan fingerprint density at radius 1 is 1.11 bits per heavy atom. The zero-order valence-corrected chi connectivity index (χ0v) is 11.9. The second kappa shape index (κ2) is 7.05. The Bertz CT molecular complexity index is 405. The summed E-state index contributed by atoms with van der Waals surface area (Å²) in [6.07, 6.45) is 6.89. The standard InChI is InChI=1S/C14H18ClNOS/c15-11-7-9-12(10-8-11)18-14-6-4-2-1-3-5-13(14)16-17/h7-10,14,17H,1-6H2. The lowest BCUT2D eigenvalue weighted by molar-refractivity contribution is 0.315. The molecule has 0 bridgehead atoms. The summed E-state index contributed by atoms with van der Waals surface area (Å²) in [4.78, 5) is 1.19. The molecule has 1 aromatic carbocycles. The van der Waals surface area contributed by atoms with Gasteiger partial charge < -0.3 is 5.21 Å². The van der Waals surface area contributed by atoms with Gasteiger partial charge in [0, 0.05) is 9.92 Å². The molecule has 1 saturated carbocycles. The van der Waals surface area contributed by atoms with Crippen LogP contribution in [-0.4, -0.2) is 16.2 Å². The molecule has 0 aliphatic heterocycles. The average molecular weight is 284 g/mol. The monoisotopic (exact) mass is 283 g/mol. The molecule has 0 amide bonds. The maximum Gasteiger partial charge on any atom is 0.0704 e. The number of hydrogen-bond donors (Lipinski definition) is 1. The summed E-state index contributed by atoms with van der Waals surface area (Å²) in [5, 5.41) is 13.7. The number of nitrogens with zero attached hydrogens (tertiary/aromatic N) is 1. The molecule has 1 aliphatic carbocycles. The molecule has 1 atom stereocenters. The van der Waals surface area contributed by atoms with Crippen LogP contribution in [0.1, 0.15) is 38.5 Å². The zero-order chi connectivity index (χ0) is 12.8. The van der Waals surface area contributed by atoms with E-state index in [1.807, 2.05) is 24.3 Å². The van der Waals surface area contributed by atoms with Gasteiger partial charge in [0.25, 0.3) is 0 Å². The van der Waals surface area contributed by atoms with Crippen LogP contribution in [0.15, 0.2) is 34.3 Å². The quantitative estimate of drug-likeness (QED) is 0.613. The molecule has 0 radical (unpaired) electrons. The van der Waals surface area contributed by atoms with Gasteiger partial charge in [-0.3, -0.25) is 0 Å². The lowest BCUT2D eigenvalue weighted by atomic mass is 9.99. The Kier molecular flexibility index (Phi) is 5.39. The molecule has 0 heterocycles. The first-order valence-electron chi connectivity index (χ1n) is 6.42. The smallest absolute Gasteiger partial charge is 0.0704 e. The van der Waals surface area contributed by atoms with Gasteiger partial charge in [-0.05, 0) is 43.5 Å². The molecule has 98 valence electrons. The van der Waals surface area contributed by atoms with Gasteiger partial charge >= 0.3 is 0 Å². The second-order valence-corrected chi connectivity index (χ2v) is 6.32. The average Bonchev–Trinajstić information content (AvgIpc) is 2.36. The van der Waals surface area contributed by atoms with Crippen molar-refractivity contribution in [1.82, 2.24) is 0 Å². The summed E-state index contributed by atoms with van der Waals surface area (Å²) in [6, 6.07) is 7.87. The number of oxime groups is 1. The molecule has 2 rings (SSSR count). The fourth-order valence-corrected chi connectivity index (χ4v) is 3.57. The Hall–Kier alpha value is -0.670. The minimum absolute atomic E-state index is 0.302. The van der Waals surface area contributed by atoms with E-state index in [9.17, 15) is 0 Å². The van der Waals surface area contributed by atoms with Gasteiger partial charge in [-0.1, -0.05) is 36.0 Å². The van der Waals surface area contributed by atoms with Crippen LogP contribution in [0.3, 0.4) is 0 Å². The molecule has 4 heteroatoms. The molecule has 1 unspecified atom stereocenters. The fraction of sp³-hybridized carbons (Fsp3) is 0.500. The van der Waals surface area contributed by atoms with Crippen molar-refractivity contribution in [3.8, 4) is 0 Å². The maximum absolute atomic E-state index is 9.15. The first-order valence-corrected chi connectivity index (χ1v) is 7.68. The van der Waals surface area contributed by atoms with Crippen LogP contribution in [0.25, 0.3) is 0 Å². The Morgan fingerprint density at radius 3 is 2.56 bits per heavy atom. The van der Waals surface area contributed by atoms with Crippen LogP contribution < -0.4 is 0 Å². The van der Waals surface area contributed by atoms with Gasteiger partial charge in [0.1, 0.15) is 0 Å². The van der Waals surface area contributed by atoms with Gasteiger partial charge in [0.2, 0.25) is 0 Å². The number of benzene rings is 1. The SMILES string of the molecule is ON=C1CCCCCCC1Sc1ccc(Cl)cc1. The largest absolute Gasteiger partial charge is 0.411 e. The van der Waals surface area contributed by atoms with Crippen LogP contribution in [0.2, 0.25) is 5.02 Å². The van der Waals surface area contributed by atoms with Crippen molar-refractivity contribution in [2.75, 3.05) is 0 Å². The van der Waals surface area contributed by atoms with Gasteiger partial charge in [0.05, 0.1) is 11.0 Å². The summed E-state index contributed by atoms with van der Waals surface area (Å²) in [5.74, 6) is 0. The van der Waals surface area contributed by atoms with Crippen molar-refractivity contribution in [1.29, 1.82) is 0 Å². The van der Waals surface area contributed by atoms with E-state index in [1.54, 1.807) is 11.8 Å². The van der Waals surface area contributed by atoms with Crippen molar-refractivity contribution in [3.63, 3.8) is 0 Å². The number of halogens is 1. The maximum atomic E-state index is 9.15. The minimum atomic E-state index is 0.302. The highest BCUT2D eigenvalue weighted by molar-refractivity contribution is 8.00. The molecule has 0 saturated heterocycles. The minimum Gasteiger partial charge on any atom is -0.411 e. The summed E-state index contributed by atoms with van der Waals surface area (Å²) < 4.78 is 0. The Balaban J connectivity index is 2.06. The van der Waals surface area contributed by atoms with Crippen molar-refractivity contribution in [3.05, 3.63) is 29.3 Å². The molecular formula is C14H18ClNOS. The highest BCUT2D eigenvalue weighted by Gasteiger charge is 2.19. The fourth-order valence-electron chi connectivity index (χ4n) is 2.24. The van der Waals surface area contributed by atoms with Crippen LogP contribution in [0, 0.1) is 0 Å². The van der Waals surface area contributed by atoms with E-state index in [0.29, 0.717) is 5.25 Å². The van der Waals surface area contributed by atoms with Gasteiger partial charge in [-0.25, -0.2) is 0 Å². The van der Waals surface area contributed by atoms with Gasteiger partial charge in [-0.15, -0.1) is 11.8 Å². The molecule has 1 aromatic rings. The van der Waals surface area contributed by atoms with Gasteiger partial charge in [-0.2, -0.15) is 0 Å². The third-order valence-electron chi connectivity index (χ3n) is 3.24. The van der Waals surface area contributed by atoms with E-state index in [-0.39, 0.29) is 0 Å². The van der Waals surface area contributed by atoms with Crippen LogP contribution in [-0.2, 0) is 0 Å². The molecule has 2 nitrogen and oxygen atoms in total. The van der Waals surface area contributed by atoms with E-state index >= 15 is 0 Å². The topological polar surface area (TPSA) is 32.6 Å². The lowest BCUT2D eigenvalue weighted by Crippen LogP contribution is -2.19. The van der Waals surface area contributed by atoms with Crippen molar-refractivity contribution < 1.29 is 5.21 Å². The first-order chi connectivity index (χ1) is 8.79. The highest BCUT2D eigenvalue weighted by Crippen LogP contribution is 2.31. The summed E-state index contributed by atoms with van der Waals surface area (Å²) in [5.41, 5.74) is 0.939. The van der Waals surface area contributed by atoms with E-state index in [0.717, 1.165) is 30.0 Å². The molecule has 0 aromatic heterocycles. The predicted octanol–water partition coefficient (Wildman–Crippen LogP) is 4.99.